The van der Waals surface area contributed by atoms with Crippen LogP contribution in [0.5, 0.6) is 0 Å². The van der Waals surface area contributed by atoms with Gasteiger partial charge in [0.15, 0.2) is 0 Å². The summed E-state index contributed by atoms with van der Waals surface area (Å²) in [6, 6.07) is 5.43. The minimum Gasteiger partial charge on any atom is -0.211 e. The van der Waals surface area contributed by atoms with E-state index in [-0.39, 0.29) is 4.90 Å². The lowest BCUT2D eigenvalue weighted by molar-refractivity contribution is 0.466. The minimum atomic E-state index is -4.07. The van der Waals surface area contributed by atoms with Crippen molar-refractivity contribution in [2.45, 2.75) is 37.0 Å². The van der Waals surface area contributed by atoms with Crippen molar-refractivity contribution in [2.75, 3.05) is 0 Å². The minimum absolute atomic E-state index is 0.0129. The molecule has 7 heteroatoms. The summed E-state index contributed by atoms with van der Waals surface area (Å²) in [5, 5.41) is -0.848. The molecule has 1 aliphatic rings. The van der Waals surface area contributed by atoms with Crippen LogP contribution in [0.4, 0.5) is 0 Å². The molecule has 0 unspecified atom stereocenters. The van der Waals surface area contributed by atoms with E-state index in [1.807, 2.05) is 6.92 Å². The van der Waals surface area contributed by atoms with E-state index < -0.39 is 31.3 Å². The van der Waals surface area contributed by atoms with Crippen molar-refractivity contribution < 1.29 is 16.8 Å². The second kappa shape index (κ2) is 4.98. The van der Waals surface area contributed by atoms with Crippen molar-refractivity contribution in [3.05, 3.63) is 42.0 Å². The summed E-state index contributed by atoms with van der Waals surface area (Å²) in [7, 11) is -7.98. The maximum absolute atomic E-state index is 12.6. The van der Waals surface area contributed by atoms with E-state index in [4.69, 9.17) is 0 Å². The first-order valence-corrected chi connectivity index (χ1v) is 9.15. The van der Waals surface area contributed by atoms with Crippen molar-refractivity contribution >= 4 is 20.0 Å². The SMILES string of the molecule is Cc1ccc(S(=O)(=O)N2[C@@H](C)C=C[C@@H](C)S2(=O)=O)cc1. The van der Waals surface area contributed by atoms with E-state index in [9.17, 15) is 16.8 Å². The van der Waals surface area contributed by atoms with Gasteiger partial charge in [0.25, 0.3) is 10.0 Å². The van der Waals surface area contributed by atoms with Crippen LogP contribution in [0.3, 0.4) is 0 Å². The highest BCUT2D eigenvalue weighted by molar-refractivity contribution is 8.04. The fourth-order valence-corrected chi connectivity index (χ4v) is 6.16. The standard InChI is InChI=1S/C13H17NO4S2/c1-10-4-8-13(9-5-10)20(17,18)14-11(2)6-7-12(3)19(14,15)16/h4-9,11-12H,1-3H3/t11-,12+/m0/s1. The number of benzene rings is 1. The van der Waals surface area contributed by atoms with Gasteiger partial charge in [-0.2, -0.15) is 0 Å². The van der Waals surface area contributed by atoms with Crippen LogP contribution in [0.2, 0.25) is 0 Å². The van der Waals surface area contributed by atoms with Crippen molar-refractivity contribution in [3.63, 3.8) is 0 Å². The second-order valence-electron chi connectivity index (χ2n) is 4.92. The molecule has 0 fully saturated rings. The van der Waals surface area contributed by atoms with E-state index in [2.05, 4.69) is 0 Å². The number of aryl methyl sites for hydroxylation is 1. The maximum Gasteiger partial charge on any atom is 0.256 e. The number of sulfonamides is 2. The van der Waals surface area contributed by atoms with Gasteiger partial charge in [0, 0.05) is 0 Å². The first-order chi connectivity index (χ1) is 9.17. The smallest absolute Gasteiger partial charge is 0.211 e. The molecule has 0 saturated heterocycles. The molecule has 0 aromatic heterocycles. The monoisotopic (exact) mass is 315 g/mol. The van der Waals surface area contributed by atoms with Crippen LogP contribution in [-0.2, 0) is 20.0 Å². The maximum atomic E-state index is 12.6. The molecule has 1 aromatic rings. The molecule has 20 heavy (non-hydrogen) atoms. The molecule has 2 rings (SSSR count). The molecule has 0 bridgehead atoms. The fourth-order valence-electron chi connectivity index (χ4n) is 2.05. The lowest BCUT2D eigenvalue weighted by Crippen LogP contribution is -2.48. The summed E-state index contributed by atoms with van der Waals surface area (Å²) in [6.07, 6.45) is 3.11. The van der Waals surface area contributed by atoms with E-state index in [1.165, 1.54) is 25.1 Å². The number of hydrogen-bond acceptors (Lipinski definition) is 4. The lowest BCUT2D eigenvalue weighted by atomic mass is 10.2. The van der Waals surface area contributed by atoms with Gasteiger partial charge in [0.05, 0.1) is 16.2 Å². The third-order valence-electron chi connectivity index (χ3n) is 3.27. The molecule has 0 amide bonds. The molecular formula is C13H17NO4S2. The molecule has 2 atom stereocenters. The van der Waals surface area contributed by atoms with Gasteiger partial charge < -0.3 is 0 Å². The van der Waals surface area contributed by atoms with E-state index in [0.717, 1.165) is 5.56 Å². The Morgan fingerprint density at radius 2 is 1.60 bits per heavy atom. The van der Waals surface area contributed by atoms with Crippen molar-refractivity contribution in [1.82, 2.24) is 3.71 Å². The second-order valence-corrected chi connectivity index (χ2v) is 9.13. The van der Waals surface area contributed by atoms with E-state index in [1.54, 1.807) is 25.1 Å². The first kappa shape index (κ1) is 15.2. The van der Waals surface area contributed by atoms with Gasteiger partial charge in [-0.3, -0.25) is 0 Å². The quantitative estimate of drug-likeness (QED) is 0.778. The summed E-state index contributed by atoms with van der Waals surface area (Å²) < 4.78 is 50.4. The third-order valence-corrected chi connectivity index (χ3v) is 8.09. The zero-order valence-electron chi connectivity index (χ0n) is 11.5. The fraction of sp³-hybridized carbons (Fsp3) is 0.385. The van der Waals surface area contributed by atoms with Crippen molar-refractivity contribution in [2.24, 2.45) is 0 Å². The zero-order valence-corrected chi connectivity index (χ0v) is 13.1. The normalized spacial score (nSPS) is 26.6. The van der Waals surface area contributed by atoms with Gasteiger partial charge in [0.1, 0.15) is 0 Å². The zero-order chi connectivity index (χ0) is 15.1. The Morgan fingerprint density at radius 3 is 2.15 bits per heavy atom. The summed E-state index contributed by atoms with van der Waals surface area (Å²) >= 11 is 0. The van der Waals surface area contributed by atoms with Crippen LogP contribution in [0.1, 0.15) is 19.4 Å². The van der Waals surface area contributed by atoms with E-state index in [0.29, 0.717) is 3.71 Å². The first-order valence-electron chi connectivity index (χ1n) is 6.21. The topological polar surface area (TPSA) is 71.5 Å². The van der Waals surface area contributed by atoms with E-state index >= 15 is 0 Å². The van der Waals surface area contributed by atoms with Gasteiger partial charge in [-0.05, 0) is 32.9 Å². The highest BCUT2D eigenvalue weighted by Crippen LogP contribution is 2.28. The molecule has 0 spiro atoms. The summed E-state index contributed by atoms with van der Waals surface area (Å²) in [5.41, 5.74) is 0.909. The average Bonchev–Trinajstić information content (AvgIpc) is 2.34. The Labute approximate surface area is 120 Å². The van der Waals surface area contributed by atoms with Crippen LogP contribution >= 0.6 is 0 Å². The molecule has 5 nitrogen and oxygen atoms in total. The largest absolute Gasteiger partial charge is 0.256 e. The molecule has 1 aromatic carbocycles. The van der Waals surface area contributed by atoms with Gasteiger partial charge in [-0.15, -0.1) is 0 Å². The van der Waals surface area contributed by atoms with Gasteiger partial charge >= 0.3 is 0 Å². The van der Waals surface area contributed by atoms with Gasteiger partial charge in [-0.1, -0.05) is 33.6 Å². The average molecular weight is 315 g/mol. The van der Waals surface area contributed by atoms with Gasteiger partial charge in [-0.25, -0.2) is 16.8 Å². The van der Waals surface area contributed by atoms with Crippen LogP contribution in [0.25, 0.3) is 0 Å². The lowest BCUT2D eigenvalue weighted by Gasteiger charge is -2.31. The third kappa shape index (κ3) is 2.41. The summed E-state index contributed by atoms with van der Waals surface area (Å²) in [4.78, 5) is -0.0129. The summed E-state index contributed by atoms with van der Waals surface area (Å²) in [5.74, 6) is 0. The molecule has 0 N–H and O–H groups in total. The predicted molar refractivity (Wildman–Crippen MR) is 77.2 cm³/mol. The number of hydrogen-bond donors (Lipinski definition) is 0. The highest BCUT2D eigenvalue weighted by atomic mass is 32.3. The number of nitrogens with zero attached hydrogens (tertiary/aromatic N) is 1. The molecule has 0 radical (unpaired) electrons. The molecule has 1 aliphatic heterocycles. The Hall–Kier alpha value is -1.18. The molecule has 1 heterocycles. The molecular weight excluding hydrogens is 298 g/mol. The predicted octanol–water partition coefficient (Wildman–Crippen LogP) is 1.66. The van der Waals surface area contributed by atoms with Crippen LogP contribution in [0, 0.1) is 6.92 Å². The highest BCUT2D eigenvalue weighted by Gasteiger charge is 2.43. The molecule has 110 valence electrons. The van der Waals surface area contributed by atoms with Gasteiger partial charge in [0.2, 0.25) is 10.0 Å². The Balaban J connectivity index is 2.59. The Bertz CT molecular complexity index is 733. The Kier molecular flexibility index (Phi) is 3.79. The number of rotatable bonds is 2. The van der Waals surface area contributed by atoms with Crippen LogP contribution in [-0.4, -0.2) is 31.8 Å². The van der Waals surface area contributed by atoms with Crippen molar-refractivity contribution in [3.8, 4) is 0 Å². The molecule has 0 saturated carbocycles. The van der Waals surface area contributed by atoms with Crippen molar-refractivity contribution in [1.29, 1.82) is 0 Å². The Morgan fingerprint density at radius 1 is 1.05 bits per heavy atom. The summed E-state index contributed by atoms with van der Waals surface area (Å²) in [6.45, 7) is 4.85. The van der Waals surface area contributed by atoms with Crippen LogP contribution in [0.15, 0.2) is 41.3 Å². The molecule has 0 aliphatic carbocycles. The van der Waals surface area contributed by atoms with Crippen LogP contribution < -0.4 is 0 Å².